The monoisotopic (exact) mass is 208 g/mol. The van der Waals surface area contributed by atoms with E-state index in [0.29, 0.717) is 17.6 Å². The van der Waals surface area contributed by atoms with E-state index in [1.807, 2.05) is 0 Å². The van der Waals surface area contributed by atoms with Crippen LogP contribution in [-0.2, 0) is 6.42 Å². The average molecular weight is 208 g/mol. The van der Waals surface area contributed by atoms with Crippen molar-refractivity contribution in [3.05, 3.63) is 22.2 Å². The first-order valence-electron chi connectivity index (χ1n) is 5.30. The van der Waals surface area contributed by atoms with E-state index in [0.717, 1.165) is 32.4 Å². The first-order chi connectivity index (χ1) is 7.24. The second kappa shape index (κ2) is 4.44. The standard InChI is InChI=1S/C10H16N4O/c11-8-6-10(15)14-9(13-8)5-7-1-3-12-4-2-7/h6-7,12H,1-5H2,(H3,11,13,14,15). The Labute approximate surface area is 88.1 Å². The Hall–Kier alpha value is -1.36. The van der Waals surface area contributed by atoms with Gasteiger partial charge in [-0.05, 0) is 31.8 Å². The first kappa shape index (κ1) is 10.2. The van der Waals surface area contributed by atoms with Crippen LogP contribution in [0, 0.1) is 5.92 Å². The molecule has 82 valence electrons. The molecule has 0 unspecified atom stereocenters. The molecule has 0 radical (unpaired) electrons. The number of nitrogens with two attached hydrogens (primary N) is 1. The molecule has 4 N–H and O–H groups in total. The maximum atomic E-state index is 11.2. The second-order valence-electron chi connectivity index (χ2n) is 4.01. The molecule has 0 aliphatic carbocycles. The number of rotatable bonds is 2. The zero-order valence-electron chi connectivity index (χ0n) is 8.62. The number of nitrogens with one attached hydrogen (secondary N) is 2. The molecule has 0 bridgehead atoms. The van der Waals surface area contributed by atoms with Gasteiger partial charge in [0.05, 0.1) is 0 Å². The van der Waals surface area contributed by atoms with Gasteiger partial charge in [-0.1, -0.05) is 0 Å². The summed E-state index contributed by atoms with van der Waals surface area (Å²) in [5, 5.41) is 3.31. The predicted octanol–water partition coefficient (Wildman–Crippen LogP) is -0.106. The zero-order chi connectivity index (χ0) is 10.7. The molecule has 2 heterocycles. The largest absolute Gasteiger partial charge is 0.383 e. The SMILES string of the molecule is Nc1cc(=O)[nH]c(CC2CCNCC2)n1. The van der Waals surface area contributed by atoms with Crippen LogP contribution in [0.4, 0.5) is 5.82 Å². The second-order valence-corrected chi connectivity index (χ2v) is 4.01. The Kier molecular flexibility index (Phi) is 3.01. The molecule has 1 fully saturated rings. The van der Waals surface area contributed by atoms with Crippen LogP contribution in [0.3, 0.4) is 0 Å². The molecule has 2 rings (SSSR count). The Bertz CT molecular complexity index is 381. The molecule has 1 aliphatic heterocycles. The van der Waals surface area contributed by atoms with Crippen molar-refractivity contribution in [2.24, 2.45) is 5.92 Å². The summed E-state index contributed by atoms with van der Waals surface area (Å²) in [7, 11) is 0. The highest BCUT2D eigenvalue weighted by Crippen LogP contribution is 2.15. The molecule has 1 saturated heterocycles. The molecule has 5 nitrogen and oxygen atoms in total. The van der Waals surface area contributed by atoms with E-state index in [9.17, 15) is 4.79 Å². The maximum absolute atomic E-state index is 11.2. The van der Waals surface area contributed by atoms with Crippen molar-refractivity contribution in [2.45, 2.75) is 19.3 Å². The quantitative estimate of drug-likeness (QED) is 0.633. The van der Waals surface area contributed by atoms with Crippen LogP contribution in [0.1, 0.15) is 18.7 Å². The number of aromatic nitrogens is 2. The summed E-state index contributed by atoms with van der Waals surface area (Å²) in [5.41, 5.74) is 5.36. The van der Waals surface area contributed by atoms with Gasteiger partial charge in [0.2, 0.25) is 0 Å². The lowest BCUT2D eigenvalue weighted by molar-refractivity contribution is 0.367. The van der Waals surface area contributed by atoms with Gasteiger partial charge in [-0.3, -0.25) is 4.79 Å². The van der Waals surface area contributed by atoms with Crippen molar-refractivity contribution in [2.75, 3.05) is 18.8 Å². The van der Waals surface area contributed by atoms with Gasteiger partial charge < -0.3 is 16.0 Å². The molecule has 1 aromatic heterocycles. The van der Waals surface area contributed by atoms with Crippen LogP contribution in [-0.4, -0.2) is 23.1 Å². The van der Waals surface area contributed by atoms with E-state index < -0.39 is 0 Å². The number of hydrogen-bond donors (Lipinski definition) is 3. The zero-order valence-corrected chi connectivity index (χ0v) is 8.62. The molecule has 1 aromatic rings. The highest BCUT2D eigenvalue weighted by Gasteiger charge is 2.14. The van der Waals surface area contributed by atoms with Gasteiger partial charge in [-0.25, -0.2) is 4.98 Å². The van der Waals surface area contributed by atoms with Crippen LogP contribution in [0.2, 0.25) is 0 Å². The summed E-state index contributed by atoms with van der Waals surface area (Å²) < 4.78 is 0. The third kappa shape index (κ3) is 2.79. The summed E-state index contributed by atoms with van der Waals surface area (Å²) in [6, 6.07) is 1.31. The number of nitrogen functional groups attached to an aromatic ring is 1. The number of aromatic amines is 1. The highest BCUT2D eigenvalue weighted by atomic mass is 16.1. The van der Waals surface area contributed by atoms with Crippen molar-refractivity contribution in [3.8, 4) is 0 Å². The normalized spacial score (nSPS) is 17.9. The van der Waals surface area contributed by atoms with Crippen molar-refractivity contribution < 1.29 is 0 Å². The maximum Gasteiger partial charge on any atom is 0.252 e. The van der Waals surface area contributed by atoms with Gasteiger partial charge in [-0.2, -0.15) is 0 Å². The summed E-state index contributed by atoms with van der Waals surface area (Å²) in [6.45, 7) is 2.11. The van der Waals surface area contributed by atoms with Crippen molar-refractivity contribution >= 4 is 5.82 Å². The van der Waals surface area contributed by atoms with Gasteiger partial charge in [0.1, 0.15) is 11.6 Å². The molecule has 0 saturated carbocycles. The topological polar surface area (TPSA) is 83.8 Å². The molecule has 0 spiro atoms. The molecular weight excluding hydrogens is 192 g/mol. The van der Waals surface area contributed by atoms with Crippen molar-refractivity contribution in [1.82, 2.24) is 15.3 Å². The summed E-state index contributed by atoms with van der Waals surface area (Å²) >= 11 is 0. The molecule has 5 heteroatoms. The lowest BCUT2D eigenvalue weighted by atomic mass is 9.94. The minimum absolute atomic E-state index is 0.161. The molecule has 0 amide bonds. The number of H-pyrrole nitrogens is 1. The molecule has 1 aliphatic rings. The predicted molar refractivity (Wildman–Crippen MR) is 58.6 cm³/mol. The van der Waals surface area contributed by atoms with E-state index in [-0.39, 0.29) is 5.56 Å². The minimum Gasteiger partial charge on any atom is -0.383 e. The van der Waals surface area contributed by atoms with Gasteiger partial charge in [0, 0.05) is 12.5 Å². The van der Waals surface area contributed by atoms with Crippen LogP contribution in [0.5, 0.6) is 0 Å². The highest BCUT2D eigenvalue weighted by molar-refractivity contribution is 5.25. The Balaban J connectivity index is 2.06. The van der Waals surface area contributed by atoms with E-state index in [4.69, 9.17) is 5.73 Å². The minimum atomic E-state index is -0.161. The number of nitrogens with zero attached hydrogens (tertiary/aromatic N) is 1. The Morgan fingerprint density at radius 1 is 1.47 bits per heavy atom. The molecule has 15 heavy (non-hydrogen) atoms. The molecule has 0 aromatic carbocycles. The lowest BCUT2D eigenvalue weighted by Crippen LogP contribution is -2.29. The summed E-state index contributed by atoms with van der Waals surface area (Å²) in [4.78, 5) is 18.0. The van der Waals surface area contributed by atoms with Gasteiger partial charge in [0.25, 0.3) is 5.56 Å². The lowest BCUT2D eigenvalue weighted by Gasteiger charge is -2.21. The van der Waals surface area contributed by atoms with Crippen molar-refractivity contribution in [1.29, 1.82) is 0 Å². The van der Waals surface area contributed by atoms with E-state index in [1.165, 1.54) is 6.07 Å². The molecular formula is C10H16N4O. The fraction of sp³-hybridized carbons (Fsp3) is 0.600. The fourth-order valence-electron chi connectivity index (χ4n) is 1.98. The van der Waals surface area contributed by atoms with Gasteiger partial charge in [0.15, 0.2) is 0 Å². The first-order valence-corrected chi connectivity index (χ1v) is 5.30. The Morgan fingerprint density at radius 3 is 2.87 bits per heavy atom. The summed E-state index contributed by atoms with van der Waals surface area (Å²) in [5.74, 6) is 1.63. The van der Waals surface area contributed by atoms with Crippen molar-refractivity contribution in [3.63, 3.8) is 0 Å². The third-order valence-electron chi connectivity index (χ3n) is 2.75. The van der Waals surface area contributed by atoms with Gasteiger partial charge in [-0.15, -0.1) is 0 Å². The van der Waals surface area contributed by atoms with E-state index in [1.54, 1.807) is 0 Å². The number of hydrogen-bond acceptors (Lipinski definition) is 4. The third-order valence-corrected chi connectivity index (χ3v) is 2.75. The summed E-state index contributed by atoms with van der Waals surface area (Å²) in [6.07, 6.45) is 3.10. The van der Waals surface area contributed by atoms with Gasteiger partial charge >= 0.3 is 0 Å². The van der Waals surface area contributed by atoms with E-state index >= 15 is 0 Å². The van der Waals surface area contributed by atoms with E-state index in [2.05, 4.69) is 15.3 Å². The average Bonchev–Trinajstić information content (AvgIpc) is 2.17. The smallest absolute Gasteiger partial charge is 0.252 e. The van der Waals surface area contributed by atoms with Crippen LogP contribution in [0.15, 0.2) is 10.9 Å². The number of anilines is 1. The Morgan fingerprint density at radius 2 is 2.20 bits per heavy atom. The van der Waals surface area contributed by atoms with Crippen LogP contribution in [0.25, 0.3) is 0 Å². The molecule has 0 atom stereocenters. The number of piperidine rings is 1. The van der Waals surface area contributed by atoms with Crippen LogP contribution >= 0.6 is 0 Å². The van der Waals surface area contributed by atoms with Crippen LogP contribution < -0.4 is 16.6 Å². The fourth-order valence-corrected chi connectivity index (χ4v) is 1.98.